The van der Waals surface area contributed by atoms with E-state index in [1.807, 2.05) is 48.5 Å². The first-order chi connectivity index (χ1) is 11.6. The summed E-state index contributed by atoms with van der Waals surface area (Å²) in [7, 11) is 0. The molecule has 0 N–H and O–H groups in total. The number of aromatic nitrogens is 2. The molecule has 24 heavy (non-hydrogen) atoms. The number of imidazole rings is 1. The standard InChI is InChI=1S/C19H22ClN3O/c1-15-21-10-13-23(15)14-16-8-11-22(12-9-16)19(24)7-6-17-4-2-3-5-18(17)20/h2-7,10,13,16H,8-9,11-12,14H2,1H3/b7-6+. The second kappa shape index (κ2) is 7.67. The maximum Gasteiger partial charge on any atom is 0.246 e. The molecule has 1 aromatic heterocycles. The van der Waals surface area contributed by atoms with Gasteiger partial charge in [-0.1, -0.05) is 29.8 Å². The molecular formula is C19H22ClN3O. The molecular weight excluding hydrogens is 322 g/mol. The highest BCUT2D eigenvalue weighted by molar-refractivity contribution is 6.32. The molecule has 0 unspecified atom stereocenters. The van der Waals surface area contributed by atoms with Crippen LogP contribution in [-0.4, -0.2) is 33.4 Å². The lowest BCUT2D eigenvalue weighted by molar-refractivity contribution is -0.127. The fourth-order valence-corrected chi connectivity index (χ4v) is 3.29. The van der Waals surface area contributed by atoms with Crippen molar-refractivity contribution < 1.29 is 4.79 Å². The Kier molecular flexibility index (Phi) is 5.36. The third-order valence-corrected chi connectivity index (χ3v) is 4.96. The van der Waals surface area contributed by atoms with Crippen LogP contribution < -0.4 is 0 Å². The number of carbonyl (C=O) groups is 1. The highest BCUT2D eigenvalue weighted by atomic mass is 35.5. The monoisotopic (exact) mass is 343 g/mol. The van der Waals surface area contributed by atoms with Gasteiger partial charge in [0.2, 0.25) is 5.91 Å². The van der Waals surface area contributed by atoms with Crippen molar-refractivity contribution in [2.45, 2.75) is 26.3 Å². The van der Waals surface area contributed by atoms with Gasteiger partial charge in [-0.25, -0.2) is 4.98 Å². The highest BCUT2D eigenvalue weighted by Crippen LogP contribution is 2.21. The molecule has 0 radical (unpaired) electrons. The van der Waals surface area contributed by atoms with E-state index in [1.165, 1.54) is 0 Å². The van der Waals surface area contributed by atoms with E-state index in [0.29, 0.717) is 10.9 Å². The maximum absolute atomic E-state index is 12.3. The van der Waals surface area contributed by atoms with Gasteiger partial charge in [-0.3, -0.25) is 4.79 Å². The SMILES string of the molecule is Cc1nccn1CC1CCN(C(=O)/C=C/c2ccccc2Cl)CC1. The molecule has 0 spiro atoms. The van der Waals surface area contributed by atoms with Gasteiger partial charge in [-0.15, -0.1) is 0 Å². The van der Waals surface area contributed by atoms with Crippen LogP contribution in [0.5, 0.6) is 0 Å². The molecule has 1 aromatic carbocycles. The highest BCUT2D eigenvalue weighted by Gasteiger charge is 2.22. The molecule has 2 heterocycles. The summed E-state index contributed by atoms with van der Waals surface area (Å²) in [5.41, 5.74) is 0.873. The minimum Gasteiger partial charge on any atom is -0.339 e. The van der Waals surface area contributed by atoms with Crippen molar-refractivity contribution in [2.24, 2.45) is 5.92 Å². The average Bonchev–Trinajstić information content (AvgIpc) is 2.99. The van der Waals surface area contributed by atoms with Crippen LogP contribution in [0, 0.1) is 12.8 Å². The van der Waals surface area contributed by atoms with Gasteiger partial charge in [0.05, 0.1) is 0 Å². The van der Waals surface area contributed by atoms with Gasteiger partial charge in [-0.05, 0) is 43.4 Å². The summed E-state index contributed by atoms with van der Waals surface area (Å²) in [6.07, 6.45) is 9.35. The fourth-order valence-electron chi connectivity index (χ4n) is 3.09. The number of hydrogen-bond donors (Lipinski definition) is 0. The Bertz CT molecular complexity index is 730. The van der Waals surface area contributed by atoms with Gasteiger partial charge < -0.3 is 9.47 Å². The van der Waals surface area contributed by atoms with E-state index < -0.39 is 0 Å². The molecule has 1 aliphatic rings. The number of hydrogen-bond acceptors (Lipinski definition) is 2. The summed E-state index contributed by atoms with van der Waals surface area (Å²) < 4.78 is 2.19. The zero-order valence-electron chi connectivity index (χ0n) is 13.9. The molecule has 1 fully saturated rings. The van der Waals surface area contributed by atoms with Crippen molar-refractivity contribution in [3.8, 4) is 0 Å². The van der Waals surface area contributed by atoms with Crippen LogP contribution in [0.4, 0.5) is 0 Å². The van der Waals surface area contributed by atoms with Crippen molar-refractivity contribution in [3.05, 3.63) is 59.1 Å². The Balaban J connectivity index is 1.52. The minimum atomic E-state index is 0.0622. The number of nitrogens with zero attached hydrogens (tertiary/aromatic N) is 3. The summed E-state index contributed by atoms with van der Waals surface area (Å²) in [5, 5.41) is 0.663. The lowest BCUT2D eigenvalue weighted by Gasteiger charge is -2.31. The Morgan fingerprint density at radius 1 is 1.33 bits per heavy atom. The lowest BCUT2D eigenvalue weighted by Crippen LogP contribution is -2.38. The number of carbonyl (C=O) groups excluding carboxylic acids is 1. The van der Waals surface area contributed by atoms with E-state index in [9.17, 15) is 4.79 Å². The molecule has 0 saturated carbocycles. The summed E-state index contributed by atoms with van der Waals surface area (Å²) in [6.45, 7) is 4.63. The van der Waals surface area contributed by atoms with Gasteiger partial charge >= 0.3 is 0 Å². The fraction of sp³-hybridized carbons (Fsp3) is 0.368. The van der Waals surface area contributed by atoms with Crippen LogP contribution in [0.3, 0.4) is 0 Å². The Labute approximate surface area is 147 Å². The second-order valence-corrected chi connectivity index (χ2v) is 6.66. The first-order valence-electron chi connectivity index (χ1n) is 8.33. The third-order valence-electron chi connectivity index (χ3n) is 4.62. The quantitative estimate of drug-likeness (QED) is 0.792. The summed E-state index contributed by atoms with van der Waals surface area (Å²) in [4.78, 5) is 18.5. The van der Waals surface area contributed by atoms with E-state index in [1.54, 1.807) is 12.2 Å². The molecule has 2 aromatic rings. The molecule has 0 atom stereocenters. The molecule has 1 saturated heterocycles. The van der Waals surface area contributed by atoms with Crippen LogP contribution in [0.25, 0.3) is 6.08 Å². The zero-order chi connectivity index (χ0) is 16.9. The number of aryl methyl sites for hydroxylation is 1. The van der Waals surface area contributed by atoms with Crippen LogP contribution in [0.2, 0.25) is 5.02 Å². The Morgan fingerprint density at radius 3 is 2.75 bits per heavy atom. The molecule has 3 rings (SSSR count). The van der Waals surface area contributed by atoms with E-state index >= 15 is 0 Å². The molecule has 5 heteroatoms. The van der Waals surface area contributed by atoms with Gasteiger partial charge in [0.25, 0.3) is 0 Å². The van der Waals surface area contributed by atoms with Gasteiger partial charge in [0.1, 0.15) is 5.82 Å². The lowest BCUT2D eigenvalue weighted by atomic mass is 9.96. The average molecular weight is 344 g/mol. The van der Waals surface area contributed by atoms with Crippen LogP contribution in [0.15, 0.2) is 42.7 Å². The summed E-state index contributed by atoms with van der Waals surface area (Å²) in [5.74, 6) is 1.72. The third kappa shape index (κ3) is 4.06. The van der Waals surface area contributed by atoms with Gasteiger partial charge in [0.15, 0.2) is 0 Å². The smallest absolute Gasteiger partial charge is 0.246 e. The van der Waals surface area contributed by atoms with E-state index in [-0.39, 0.29) is 5.91 Å². The summed E-state index contributed by atoms with van der Waals surface area (Å²) >= 11 is 6.11. The number of piperidine rings is 1. The van der Waals surface area contributed by atoms with E-state index in [4.69, 9.17) is 11.6 Å². The van der Waals surface area contributed by atoms with Crippen LogP contribution >= 0.6 is 11.6 Å². The molecule has 0 bridgehead atoms. The number of halogens is 1. The zero-order valence-corrected chi connectivity index (χ0v) is 14.6. The normalized spacial score (nSPS) is 16.0. The van der Waals surface area contributed by atoms with E-state index in [0.717, 1.165) is 43.9 Å². The Morgan fingerprint density at radius 2 is 2.08 bits per heavy atom. The first kappa shape index (κ1) is 16.8. The molecule has 1 aliphatic heterocycles. The molecule has 4 nitrogen and oxygen atoms in total. The second-order valence-electron chi connectivity index (χ2n) is 6.25. The topological polar surface area (TPSA) is 38.1 Å². The molecule has 1 amide bonds. The summed E-state index contributed by atoms with van der Waals surface area (Å²) in [6, 6.07) is 7.54. The van der Waals surface area contributed by atoms with Crippen molar-refractivity contribution in [1.82, 2.24) is 14.5 Å². The Hall–Kier alpha value is -2.07. The number of amides is 1. The van der Waals surface area contributed by atoms with Crippen molar-refractivity contribution in [2.75, 3.05) is 13.1 Å². The number of rotatable bonds is 4. The molecule has 0 aliphatic carbocycles. The van der Waals surface area contributed by atoms with E-state index in [2.05, 4.69) is 9.55 Å². The maximum atomic E-state index is 12.3. The predicted molar refractivity (Wildman–Crippen MR) is 96.8 cm³/mol. The van der Waals surface area contributed by atoms with Crippen LogP contribution in [0.1, 0.15) is 24.2 Å². The van der Waals surface area contributed by atoms with Gasteiger partial charge in [-0.2, -0.15) is 0 Å². The van der Waals surface area contributed by atoms with Crippen LogP contribution in [-0.2, 0) is 11.3 Å². The number of benzene rings is 1. The van der Waals surface area contributed by atoms with Crippen molar-refractivity contribution >= 4 is 23.6 Å². The van der Waals surface area contributed by atoms with Crippen molar-refractivity contribution in [3.63, 3.8) is 0 Å². The molecule has 126 valence electrons. The number of likely N-dealkylation sites (tertiary alicyclic amines) is 1. The minimum absolute atomic E-state index is 0.0622. The predicted octanol–water partition coefficient (Wildman–Crippen LogP) is 3.80. The first-order valence-corrected chi connectivity index (χ1v) is 8.70. The largest absolute Gasteiger partial charge is 0.339 e. The van der Waals surface area contributed by atoms with Gasteiger partial charge in [0, 0.05) is 43.1 Å². The van der Waals surface area contributed by atoms with Crippen molar-refractivity contribution in [1.29, 1.82) is 0 Å².